The molecule has 0 radical (unpaired) electrons. The molecule has 0 spiro atoms. The van der Waals surface area contributed by atoms with Crippen LogP contribution in [0.25, 0.3) is 0 Å². The van der Waals surface area contributed by atoms with E-state index in [1.807, 2.05) is 0 Å². The third-order valence-corrected chi connectivity index (χ3v) is 6.73. The summed E-state index contributed by atoms with van der Waals surface area (Å²) >= 11 is 0. The minimum Gasteiger partial charge on any atom is -0.229 e. The SMILES string of the molecule is C(=NCCCCCN=C=NC1CCCCC1)=NC1CCCCC1.CN=C=NC1CCCCC1. The first-order valence-electron chi connectivity index (χ1n) is 13.6. The van der Waals surface area contributed by atoms with Crippen LogP contribution in [-0.2, 0) is 0 Å². The maximum atomic E-state index is 4.43. The number of nitrogens with zero attached hydrogens (tertiary/aromatic N) is 6. The van der Waals surface area contributed by atoms with E-state index in [2.05, 4.69) is 48.0 Å². The number of aliphatic imine (C=N–C) groups is 6. The average molecular weight is 455 g/mol. The lowest BCUT2D eigenvalue weighted by Crippen LogP contribution is -2.08. The van der Waals surface area contributed by atoms with Gasteiger partial charge in [-0.2, -0.15) is 0 Å². The van der Waals surface area contributed by atoms with Crippen molar-refractivity contribution >= 4 is 18.0 Å². The van der Waals surface area contributed by atoms with E-state index in [1.165, 1.54) is 96.3 Å². The number of hydrogen-bond donors (Lipinski definition) is 0. The van der Waals surface area contributed by atoms with Crippen LogP contribution in [0.2, 0.25) is 0 Å². The van der Waals surface area contributed by atoms with E-state index >= 15 is 0 Å². The number of hydrogen-bond acceptors (Lipinski definition) is 6. The van der Waals surface area contributed by atoms with Crippen LogP contribution in [0, 0.1) is 0 Å². The van der Waals surface area contributed by atoms with Crippen molar-refractivity contribution in [1.29, 1.82) is 0 Å². The fourth-order valence-corrected chi connectivity index (χ4v) is 4.67. The van der Waals surface area contributed by atoms with Crippen LogP contribution in [0.5, 0.6) is 0 Å². The van der Waals surface area contributed by atoms with Crippen LogP contribution in [0.4, 0.5) is 0 Å². The first-order valence-corrected chi connectivity index (χ1v) is 13.6. The molecule has 184 valence electrons. The molecular weight excluding hydrogens is 408 g/mol. The molecule has 0 aromatic heterocycles. The highest BCUT2D eigenvalue weighted by Crippen LogP contribution is 2.21. The van der Waals surface area contributed by atoms with Gasteiger partial charge in [-0.1, -0.05) is 57.8 Å². The number of rotatable bonds is 9. The number of unbranched alkanes of at least 4 members (excludes halogenated alkanes) is 2. The summed E-state index contributed by atoms with van der Waals surface area (Å²) in [5, 5.41) is 0. The Hall–Kier alpha value is -1.86. The molecule has 3 rings (SSSR count). The Morgan fingerprint density at radius 3 is 1.21 bits per heavy atom. The molecule has 3 aliphatic carbocycles. The van der Waals surface area contributed by atoms with Crippen molar-refractivity contribution in [3.8, 4) is 0 Å². The Morgan fingerprint density at radius 1 is 0.485 bits per heavy atom. The van der Waals surface area contributed by atoms with E-state index in [0.29, 0.717) is 18.1 Å². The monoisotopic (exact) mass is 454 g/mol. The van der Waals surface area contributed by atoms with Gasteiger partial charge in [0.2, 0.25) is 0 Å². The van der Waals surface area contributed by atoms with Crippen LogP contribution in [-0.4, -0.2) is 56.3 Å². The minimum atomic E-state index is 0.491. The van der Waals surface area contributed by atoms with E-state index < -0.39 is 0 Å². The zero-order valence-electron chi connectivity index (χ0n) is 21.1. The van der Waals surface area contributed by atoms with E-state index in [9.17, 15) is 0 Å². The highest BCUT2D eigenvalue weighted by molar-refractivity contribution is 5.42. The summed E-state index contributed by atoms with van der Waals surface area (Å²) in [6.45, 7) is 1.69. The van der Waals surface area contributed by atoms with Gasteiger partial charge in [0.15, 0.2) is 0 Å². The minimum absolute atomic E-state index is 0.491. The van der Waals surface area contributed by atoms with E-state index in [0.717, 1.165) is 32.4 Å². The Kier molecular flexibility index (Phi) is 16.3. The first kappa shape index (κ1) is 27.4. The van der Waals surface area contributed by atoms with Crippen molar-refractivity contribution in [2.45, 2.75) is 134 Å². The molecule has 0 aromatic carbocycles. The summed E-state index contributed by atoms with van der Waals surface area (Å²) in [4.78, 5) is 25.3. The molecule has 0 heterocycles. The Balaban J connectivity index is 0.000000321. The maximum Gasteiger partial charge on any atom is 0.0895 e. The summed E-state index contributed by atoms with van der Waals surface area (Å²) in [6, 6.07) is 9.98. The molecule has 3 fully saturated rings. The molecule has 6 heteroatoms. The smallest absolute Gasteiger partial charge is 0.0895 e. The molecule has 0 saturated heterocycles. The predicted molar refractivity (Wildman–Crippen MR) is 140 cm³/mol. The molecule has 0 aliphatic heterocycles. The van der Waals surface area contributed by atoms with Crippen LogP contribution in [0.1, 0.15) is 116 Å². The fraction of sp³-hybridized carbons (Fsp3) is 0.889. The largest absolute Gasteiger partial charge is 0.229 e. The molecular formula is C27H46N6. The lowest BCUT2D eigenvalue weighted by Gasteiger charge is -2.15. The molecule has 3 aliphatic rings. The van der Waals surface area contributed by atoms with E-state index in [-0.39, 0.29) is 0 Å². The van der Waals surface area contributed by atoms with Gasteiger partial charge in [-0.25, -0.2) is 30.0 Å². The molecule has 3 saturated carbocycles. The van der Waals surface area contributed by atoms with Crippen molar-refractivity contribution in [2.75, 3.05) is 20.1 Å². The molecule has 0 atom stereocenters. The van der Waals surface area contributed by atoms with Gasteiger partial charge in [0, 0.05) is 20.1 Å². The van der Waals surface area contributed by atoms with Gasteiger partial charge in [0.1, 0.15) is 0 Å². The molecule has 0 bridgehead atoms. The summed E-state index contributed by atoms with van der Waals surface area (Å²) < 4.78 is 0. The second-order valence-corrected chi connectivity index (χ2v) is 9.61. The summed E-state index contributed by atoms with van der Waals surface area (Å²) in [5.74, 6) is 0. The van der Waals surface area contributed by atoms with E-state index in [4.69, 9.17) is 0 Å². The lowest BCUT2D eigenvalue weighted by atomic mass is 9.96. The quantitative estimate of drug-likeness (QED) is 0.259. The average Bonchev–Trinajstić information content (AvgIpc) is 2.88. The Bertz CT molecular complexity index is 623. The summed E-state index contributed by atoms with van der Waals surface area (Å²) in [6.07, 6.45) is 22.8. The molecule has 0 unspecified atom stereocenters. The standard InChI is InChI=1S/C19H32N4.C8H14N2/c1-4-10-18(11-5-1)22-16-20-14-8-3-9-15-21-17-23-19-12-6-2-7-13-19;1-9-7-10-8-5-3-2-4-6-8/h18-19H,1-15H2;8H,2-6H2,1H3. The van der Waals surface area contributed by atoms with Gasteiger partial charge in [-0.3, -0.25) is 0 Å². The summed E-state index contributed by atoms with van der Waals surface area (Å²) in [5.41, 5.74) is 0. The normalized spacial score (nSPS) is 19.5. The van der Waals surface area contributed by atoms with Gasteiger partial charge in [-0.05, 0) is 57.8 Å². The van der Waals surface area contributed by atoms with Crippen LogP contribution >= 0.6 is 0 Å². The zero-order valence-corrected chi connectivity index (χ0v) is 21.1. The van der Waals surface area contributed by atoms with Crippen molar-refractivity contribution in [2.24, 2.45) is 30.0 Å². The van der Waals surface area contributed by atoms with Gasteiger partial charge >= 0.3 is 0 Å². The van der Waals surface area contributed by atoms with E-state index in [1.54, 1.807) is 7.05 Å². The summed E-state index contributed by atoms with van der Waals surface area (Å²) in [7, 11) is 1.71. The third kappa shape index (κ3) is 14.8. The van der Waals surface area contributed by atoms with Gasteiger partial charge in [-0.15, -0.1) is 0 Å². The van der Waals surface area contributed by atoms with Crippen LogP contribution < -0.4 is 0 Å². The van der Waals surface area contributed by atoms with Gasteiger partial charge < -0.3 is 0 Å². The predicted octanol–water partition coefficient (Wildman–Crippen LogP) is 7.29. The highest BCUT2D eigenvalue weighted by Gasteiger charge is 2.11. The van der Waals surface area contributed by atoms with Crippen LogP contribution in [0.3, 0.4) is 0 Å². The van der Waals surface area contributed by atoms with Crippen molar-refractivity contribution in [3.05, 3.63) is 0 Å². The molecule has 6 nitrogen and oxygen atoms in total. The first-order chi connectivity index (χ1) is 16.4. The Labute approximate surface area is 202 Å². The van der Waals surface area contributed by atoms with Gasteiger partial charge in [0.05, 0.1) is 36.2 Å². The topological polar surface area (TPSA) is 74.2 Å². The highest BCUT2D eigenvalue weighted by atomic mass is 14.8. The molecule has 0 N–H and O–H groups in total. The molecule has 0 amide bonds. The molecule has 33 heavy (non-hydrogen) atoms. The van der Waals surface area contributed by atoms with Crippen molar-refractivity contribution < 1.29 is 0 Å². The van der Waals surface area contributed by atoms with Crippen molar-refractivity contribution in [1.82, 2.24) is 0 Å². The Morgan fingerprint density at radius 2 is 0.848 bits per heavy atom. The third-order valence-electron chi connectivity index (χ3n) is 6.73. The fourth-order valence-electron chi connectivity index (χ4n) is 4.67. The van der Waals surface area contributed by atoms with Crippen molar-refractivity contribution in [3.63, 3.8) is 0 Å². The lowest BCUT2D eigenvalue weighted by molar-refractivity contribution is 0.444. The second kappa shape index (κ2) is 19.6. The maximum absolute atomic E-state index is 4.43. The van der Waals surface area contributed by atoms with Crippen LogP contribution in [0.15, 0.2) is 30.0 Å². The van der Waals surface area contributed by atoms with Gasteiger partial charge in [0.25, 0.3) is 0 Å². The second-order valence-electron chi connectivity index (χ2n) is 9.61. The molecule has 0 aromatic rings. The zero-order chi connectivity index (χ0) is 23.2.